The lowest BCUT2D eigenvalue weighted by molar-refractivity contribution is 0.547. The van der Waals surface area contributed by atoms with Crippen LogP contribution in [0.25, 0.3) is 0 Å². The first kappa shape index (κ1) is 15.4. The molecule has 1 aromatic rings. The van der Waals surface area contributed by atoms with Gasteiger partial charge in [-0.3, -0.25) is 0 Å². The summed E-state index contributed by atoms with van der Waals surface area (Å²) in [5.41, 5.74) is 1.17. The summed E-state index contributed by atoms with van der Waals surface area (Å²) < 4.78 is 0. The van der Waals surface area contributed by atoms with Crippen molar-refractivity contribution in [1.82, 2.24) is 10.3 Å². The summed E-state index contributed by atoms with van der Waals surface area (Å²) in [6.07, 6.45) is 2.40. The van der Waals surface area contributed by atoms with E-state index in [2.05, 4.69) is 43.3 Å². The molecule has 0 aliphatic heterocycles. The maximum Gasteiger partial charge on any atom is 0.185 e. The minimum Gasteiger partial charge on any atom is -0.348 e. The normalized spacial score (nSPS) is 12.7. The molecule has 0 fully saturated rings. The van der Waals surface area contributed by atoms with Crippen molar-refractivity contribution < 1.29 is 0 Å². The van der Waals surface area contributed by atoms with Crippen LogP contribution in [-0.4, -0.2) is 24.6 Å². The van der Waals surface area contributed by atoms with Gasteiger partial charge in [0.15, 0.2) is 5.13 Å². The van der Waals surface area contributed by atoms with E-state index in [-0.39, 0.29) is 0 Å². The fraction of sp³-hybridized carbons (Fsp3) is 0.786. The topological polar surface area (TPSA) is 28.2 Å². The van der Waals surface area contributed by atoms with Crippen molar-refractivity contribution in [2.75, 3.05) is 24.5 Å². The summed E-state index contributed by atoms with van der Waals surface area (Å²) in [4.78, 5) is 7.11. The zero-order valence-corrected chi connectivity index (χ0v) is 13.0. The number of aromatic nitrogens is 1. The molecule has 1 aromatic heterocycles. The van der Waals surface area contributed by atoms with Crippen molar-refractivity contribution in [3.05, 3.63) is 11.1 Å². The van der Waals surface area contributed by atoms with Crippen LogP contribution in [0, 0.1) is 5.92 Å². The highest BCUT2D eigenvalue weighted by atomic mass is 32.1. The Balaban J connectivity index is 2.53. The third kappa shape index (κ3) is 4.94. The number of nitrogens with one attached hydrogen (secondary N) is 1. The Bertz CT molecular complexity index is 325. The summed E-state index contributed by atoms with van der Waals surface area (Å²) in [6, 6.07) is 0. The van der Waals surface area contributed by atoms with E-state index >= 15 is 0 Å². The highest BCUT2D eigenvalue weighted by Gasteiger charge is 2.12. The summed E-state index contributed by atoms with van der Waals surface area (Å²) in [5, 5.41) is 6.75. The Kier molecular flexibility index (Phi) is 7.28. The molecule has 0 bridgehead atoms. The summed E-state index contributed by atoms with van der Waals surface area (Å²) in [5.74, 6) is 0.732. The monoisotopic (exact) mass is 269 g/mol. The Morgan fingerprint density at radius 3 is 2.78 bits per heavy atom. The summed E-state index contributed by atoms with van der Waals surface area (Å²) in [6.45, 7) is 13.1. The molecule has 1 heterocycles. The molecular formula is C14H27N3S. The van der Waals surface area contributed by atoms with Crippen LogP contribution in [0.5, 0.6) is 0 Å². The van der Waals surface area contributed by atoms with Crippen molar-refractivity contribution in [1.29, 1.82) is 0 Å². The lowest BCUT2D eigenvalue weighted by Gasteiger charge is -2.23. The molecule has 104 valence electrons. The number of hydrogen-bond acceptors (Lipinski definition) is 4. The van der Waals surface area contributed by atoms with Crippen LogP contribution in [0.15, 0.2) is 5.38 Å². The summed E-state index contributed by atoms with van der Waals surface area (Å²) >= 11 is 1.77. The fourth-order valence-electron chi connectivity index (χ4n) is 1.76. The molecule has 3 nitrogen and oxygen atoms in total. The maximum absolute atomic E-state index is 4.72. The molecule has 1 unspecified atom stereocenters. The standard InChI is InChI=1S/C14H27N3S/c1-5-8-15-9-13-11-18-14(16-13)17(7-3)10-12(4)6-2/h11-12,15H,5-10H2,1-4H3. The van der Waals surface area contributed by atoms with Gasteiger partial charge in [-0.2, -0.15) is 0 Å². The molecule has 1 rings (SSSR count). The van der Waals surface area contributed by atoms with E-state index < -0.39 is 0 Å². The van der Waals surface area contributed by atoms with Gasteiger partial charge in [-0.25, -0.2) is 4.98 Å². The Morgan fingerprint density at radius 1 is 1.39 bits per heavy atom. The smallest absolute Gasteiger partial charge is 0.185 e. The lowest BCUT2D eigenvalue weighted by atomic mass is 10.1. The third-order valence-electron chi connectivity index (χ3n) is 3.15. The van der Waals surface area contributed by atoms with E-state index in [1.54, 1.807) is 11.3 Å². The van der Waals surface area contributed by atoms with Crippen molar-refractivity contribution in [3.63, 3.8) is 0 Å². The van der Waals surface area contributed by atoms with E-state index in [4.69, 9.17) is 4.98 Å². The zero-order valence-electron chi connectivity index (χ0n) is 12.2. The number of hydrogen-bond donors (Lipinski definition) is 1. The minimum absolute atomic E-state index is 0.732. The molecule has 0 radical (unpaired) electrons. The van der Waals surface area contributed by atoms with Crippen LogP contribution >= 0.6 is 11.3 Å². The molecule has 1 N–H and O–H groups in total. The molecule has 4 heteroatoms. The second-order valence-electron chi connectivity index (χ2n) is 4.85. The van der Waals surface area contributed by atoms with Gasteiger partial charge in [-0.15, -0.1) is 11.3 Å². The molecule has 1 atom stereocenters. The van der Waals surface area contributed by atoms with E-state index in [9.17, 15) is 0 Å². The van der Waals surface area contributed by atoms with Gasteiger partial charge in [0.05, 0.1) is 5.69 Å². The molecule has 0 aliphatic rings. The molecule has 0 aliphatic carbocycles. The van der Waals surface area contributed by atoms with E-state index in [0.717, 1.165) is 32.1 Å². The largest absolute Gasteiger partial charge is 0.348 e. The molecule has 0 amide bonds. The first-order valence-electron chi connectivity index (χ1n) is 7.11. The van der Waals surface area contributed by atoms with Gasteiger partial charge in [0.25, 0.3) is 0 Å². The highest BCUT2D eigenvalue weighted by Crippen LogP contribution is 2.21. The summed E-state index contributed by atoms with van der Waals surface area (Å²) in [7, 11) is 0. The molecule has 0 saturated heterocycles. The minimum atomic E-state index is 0.732. The van der Waals surface area contributed by atoms with Gasteiger partial charge in [0.2, 0.25) is 0 Å². The molecule has 0 aromatic carbocycles. The van der Waals surface area contributed by atoms with Gasteiger partial charge in [0, 0.05) is 25.0 Å². The second-order valence-corrected chi connectivity index (χ2v) is 5.69. The van der Waals surface area contributed by atoms with Crippen molar-refractivity contribution in [2.45, 2.75) is 47.1 Å². The zero-order chi connectivity index (χ0) is 13.4. The second kappa shape index (κ2) is 8.48. The van der Waals surface area contributed by atoms with E-state index in [1.165, 1.54) is 23.7 Å². The SMILES string of the molecule is CCCNCc1csc(N(CC)CC(C)CC)n1. The quantitative estimate of drug-likeness (QED) is 0.695. The number of thiazole rings is 1. The van der Waals surface area contributed by atoms with Crippen LogP contribution in [-0.2, 0) is 6.54 Å². The maximum atomic E-state index is 4.72. The average molecular weight is 269 g/mol. The number of nitrogens with zero attached hydrogens (tertiary/aromatic N) is 2. The number of rotatable bonds is 9. The lowest BCUT2D eigenvalue weighted by Crippen LogP contribution is -2.28. The molecular weight excluding hydrogens is 242 g/mol. The molecule has 18 heavy (non-hydrogen) atoms. The van der Waals surface area contributed by atoms with Crippen molar-refractivity contribution in [3.8, 4) is 0 Å². The number of anilines is 1. The van der Waals surface area contributed by atoms with Crippen LogP contribution in [0.1, 0.15) is 46.2 Å². The van der Waals surface area contributed by atoms with Gasteiger partial charge >= 0.3 is 0 Å². The van der Waals surface area contributed by atoms with E-state index in [0.29, 0.717) is 0 Å². The molecule has 0 spiro atoms. The van der Waals surface area contributed by atoms with Crippen molar-refractivity contribution in [2.24, 2.45) is 5.92 Å². The molecule has 0 saturated carbocycles. The Labute approximate surface area is 116 Å². The van der Waals surface area contributed by atoms with Gasteiger partial charge < -0.3 is 10.2 Å². The average Bonchev–Trinajstić information content (AvgIpc) is 2.84. The van der Waals surface area contributed by atoms with Crippen molar-refractivity contribution >= 4 is 16.5 Å². The fourth-order valence-corrected chi connectivity index (χ4v) is 2.66. The van der Waals surface area contributed by atoms with Crippen LogP contribution in [0.3, 0.4) is 0 Å². The van der Waals surface area contributed by atoms with Crippen LogP contribution < -0.4 is 10.2 Å². The van der Waals surface area contributed by atoms with E-state index in [1.807, 2.05) is 0 Å². The predicted octanol–water partition coefficient (Wildman–Crippen LogP) is 3.52. The predicted molar refractivity (Wildman–Crippen MR) is 81.5 cm³/mol. The Morgan fingerprint density at radius 2 is 2.17 bits per heavy atom. The van der Waals surface area contributed by atoms with Gasteiger partial charge in [0.1, 0.15) is 0 Å². The van der Waals surface area contributed by atoms with Gasteiger partial charge in [-0.1, -0.05) is 27.2 Å². The van der Waals surface area contributed by atoms with Crippen LogP contribution in [0.2, 0.25) is 0 Å². The first-order chi connectivity index (χ1) is 8.71. The Hall–Kier alpha value is -0.610. The third-order valence-corrected chi connectivity index (χ3v) is 4.10. The van der Waals surface area contributed by atoms with Crippen LogP contribution in [0.4, 0.5) is 5.13 Å². The van der Waals surface area contributed by atoms with Gasteiger partial charge in [-0.05, 0) is 25.8 Å². The first-order valence-corrected chi connectivity index (χ1v) is 7.99. The highest BCUT2D eigenvalue weighted by molar-refractivity contribution is 7.13.